The van der Waals surface area contributed by atoms with Gasteiger partial charge in [-0.05, 0) is 114 Å². The summed E-state index contributed by atoms with van der Waals surface area (Å²) in [5.74, 6) is 2.57. The third-order valence-corrected chi connectivity index (χ3v) is 9.94. The molecule has 0 heteroatoms. The fourth-order valence-corrected chi connectivity index (χ4v) is 8.01. The standard InChI is InChI=1S/C40H52/c1-9-11-30-15-16-31(20-30)22-37-28(4)18-26(2)19-39(37)35-13-10-12-33-21-32(24-38(33)35)23-36-27(3)14-17-34(29(36)5)25-40(6,7)8/h10,12-14,17-19,21,30-31,34,36H,3,5,9,11,15-16,20,22-25H2,1-2,4,6-8H3/t30?,31-,34?,36?/m1/s1. The first kappa shape index (κ1) is 28.9. The molecule has 2 aromatic rings. The number of allylic oxidation sites excluding steroid dienone is 5. The summed E-state index contributed by atoms with van der Waals surface area (Å²) in [5, 5.41) is 0. The predicted octanol–water partition coefficient (Wildman–Crippen LogP) is 11.4. The molecule has 3 aliphatic carbocycles. The Kier molecular flexibility index (Phi) is 8.47. The van der Waals surface area contributed by atoms with Crippen LogP contribution < -0.4 is 0 Å². The fraction of sp³-hybridized carbons (Fsp3) is 0.500. The van der Waals surface area contributed by atoms with Gasteiger partial charge in [0.05, 0.1) is 0 Å². The zero-order chi connectivity index (χ0) is 28.6. The Bertz CT molecular complexity index is 1340. The Morgan fingerprint density at radius 3 is 2.48 bits per heavy atom. The van der Waals surface area contributed by atoms with E-state index >= 15 is 0 Å². The number of aryl methyl sites for hydroxylation is 2. The van der Waals surface area contributed by atoms with E-state index < -0.39 is 0 Å². The SMILES string of the molecule is C=C1C=CC(CC(C)(C)C)C(=C)C1CC1=Cc2cccc(-c3cc(C)cc(C)c3C[C@@H]3CCC(CCC)C3)c2C1. The highest BCUT2D eigenvalue weighted by atomic mass is 14.4. The van der Waals surface area contributed by atoms with Gasteiger partial charge in [-0.2, -0.15) is 0 Å². The molecule has 3 unspecified atom stereocenters. The normalized spacial score (nSPS) is 24.5. The molecule has 0 radical (unpaired) electrons. The first-order valence-corrected chi connectivity index (χ1v) is 16.0. The fourth-order valence-electron chi connectivity index (χ4n) is 8.01. The second-order valence-corrected chi connectivity index (χ2v) is 14.6. The van der Waals surface area contributed by atoms with E-state index in [2.05, 4.69) is 103 Å². The van der Waals surface area contributed by atoms with Gasteiger partial charge in [0, 0.05) is 5.92 Å². The summed E-state index contributed by atoms with van der Waals surface area (Å²) in [6.45, 7) is 23.0. The smallest absolute Gasteiger partial charge is 0.00827 e. The molecule has 2 aromatic carbocycles. The van der Waals surface area contributed by atoms with Gasteiger partial charge in [-0.15, -0.1) is 0 Å². The maximum absolute atomic E-state index is 4.63. The average molecular weight is 533 g/mol. The minimum atomic E-state index is 0.290. The van der Waals surface area contributed by atoms with Crippen LogP contribution in [0.15, 0.2) is 72.4 Å². The maximum atomic E-state index is 4.63. The molecule has 0 N–H and O–H groups in total. The predicted molar refractivity (Wildman–Crippen MR) is 176 cm³/mol. The quantitative estimate of drug-likeness (QED) is 0.297. The molecule has 0 aromatic heterocycles. The number of hydrogen-bond acceptors (Lipinski definition) is 0. The van der Waals surface area contributed by atoms with Gasteiger partial charge in [-0.3, -0.25) is 0 Å². The van der Waals surface area contributed by atoms with E-state index in [1.54, 1.807) is 5.56 Å². The topological polar surface area (TPSA) is 0 Å². The third kappa shape index (κ3) is 6.32. The lowest BCUT2D eigenvalue weighted by Crippen LogP contribution is -2.21. The van der Waals surface area contributed by atoms with Gasteiger partial charge in [0.1, 0.15) is 0 Å². The van der Waals surface area contributed by atoms with Crippen LogP contribution in [0.5, 0.6) is 0 Å². The highest BCUT2D eigenvalue weighted by Crippen LogP contribution is 2.45. The van der Waals surface area contributed by atoms with Gasteiger partial charge in [0.15, 0.2) is 0 Å². The van der Waals surface area contributed by atoms with Crippen LogP contribution in [0.1, 0.15) is 100 Å². The van der Waals surface area contributed by atoms with E-state index in [1.165, 1.54) is 88.6 Å². The van der Waals surface area contributed by atoms with Gasteiger partial charge in [-0.25, -0.2) is 0 Å². The summed E-state index contributed by atoms with van der Waals surface area (Å²) >= 11 is 0. The molecule has 1 fully saturated rings. The van der Waals surface area contributed by atoms with E-state index in [1.807, 2.05) is 0 Å². The average Bonchev–Trinajstić information content (AvgIpc) is 3.51. The molecule has 0 spiro atoms. The Hall–Kier alpha value is -2.60. The van der Waals surface area contributed by atoms with E-state index in [-0.39, 0.29) is 5.41 Å². The number of benzene rings is 2. The van der Waals surface area contributed by atoms with Crippen LogP contribution >= 0.6 is 0 Å². The molecular formula is C40H52. The van der Waals surface area contributed by atoms with Crippen molar-refractivity contribution in [3.8, 4) is 11.1 Å². The molecule has 3 aliphatic rings. The van der Waals surface area contributed by atoms with Crippen LogP contribution in [-0.4, -0.2) is 0 Å². The van der Waals surface area contributed by atoms with Crippen molar-refractivity contribution >= 4 is 6.08 Å². The summed E-state index contributed by atoms with van der Waals surface area (Å²) in [6, 6.07) is 11.9. The van der Waals surface area contributed by atoms with Crippen molar-refractivity contribution in [3.63, 3.8) is 0 Å². The first-order chi connectivity index (χ1) is 19.0. The highest BCUT2D eigenvalue weighted by Gasteiger charge is 2.31. The van der Waals surface area contributed by atoms with Crippen LogP contribution in [-0.2, 0) is 12.8 Å². The molecule has 0 heterocycles. The maximum Gasteiger partial charge on any atom is 0.00827 e. The molecule has 0 aliphatic heterocycles. The summed E-state index contributed by atoms with van der Waals surface area (Å²) in [7, 11) is 0. The van der Waals surface area contributed by atoms with E-state index in [0.29, 0.717) is 11.8 Å². The highest BCUT2D eigenvalue weighted by molar-refractivity contribution is 5.80. The minimum absolute atomic E-state index is 0.290. The first-order valence-electron chi connectivity index (χ1n) is 16.0. The van der Waals surface area contributed by atoms with Crippen molar-refractivity contribution in [3.05, 3.63) is 100 Å². The van der Waals surface area contributed by atoms with Crippen molar-refractivity contribution < 1.29 is 0 Å². The second-order valence-electron chi connectivity index (χ2n) is 14.6. The van der Waals surface area contributed by atoms with E-state index in [0.717, 1.165) is 31.1 Å². The monoisotopic (exact) mass is 532 g/mol. The largest absolute Gasteiger partial charge is 0.0986 e. The third-order valence-electron chi connectivity index (χ3n) is 9.94. The zero-order valence-electron chi connectivity index (χ0n) is 26.2. The summed E-state index contributed by atoms with van der Waals surface area (Å²) < 4.78 is 0. The minimum Gasteiger partial charge on any atom is -0.0986 e. The molecule has 5 rings (SSSR count). The summed E-state index contributed by atoms with van der Waals surface area (Å²) in [6.07, 6.45) is 18.5. The lowest BCUT2D eigenvalue weighted by Gasteiger charge is -2.33. The van der Waals surface area contributed by atoms with Gasteiger partial charge in [0.2, 0.25) is 0 Å². The van der Waals surface area contributed by atoms with Crippen molar-refractivity contribution in [2.45, 2.75) is 99.3 Å². The molecule has 1 saturated carbocycles. The Morgan fingerprint density at radius 2 is 1.73 bits per heavy atom. The molecular weight excluding hydrogens is 480 g/mol. The zero-order valence-corrected chi connectivity index (χ0v) is 26.2. The molecule has 212 valence electrons. The molecule has 0 nitrogen and oxygen atoms in total. The molecule has 4 atom stereocenters. The summed E-state index contributed by atoms with van der Waals surface area (Å²) in [4.78, 5) is 0. The number of fused-ring (bicyclic) bond motifs is 1. The van der Waals surface area contributed by atoms with E-state index in [9.17, 15) is 0 Å². The lowest BCUT2D eigenvalue weighted by molar-refractivity contribution is 0.334. The van der Waals surface area contributed by atoms with Gasteiger partial charge < -0.3 is 0 Å². The van der Waals surface area contributed by atoms with Crippen molar-refractivity contribution in [2.24, 2.45) is 29.1 Å². The lowest BCUT2D eigenvalue weighted by atomic mass is 9.71. The molecule has 40 heavy (non-hydrogen) atoms. The second kappa shape index (κ2) is 11.7. The van der Waals surface area contributed by atoms with Crippen molar-refractivity contribution in [1.29, 1.82) is 0 Å². The molecule has 0 saturated heterocycles. The van der Waals surface area contributed by atoms with Gasteiger partial charge >= 0.3 is 0 Å². The Balaban J connectivity index is 1.38. The van der Waals surface area contributed by atoms with Crippen LogP contribution in [0, 0.1) is 42.9 Å². The van der Waals surface area contributed by atoms with Crippen molar-refractivity contribution in [1.82, 2.24) is 0 Å². The summed E-state index contributed by atoms with van der Waals surface area (Å²) in [5.41, 5.74) is 14.7. The number of hydrogen-bond donors (Lipinski definition) is 0. The molecule has 0 bridgehead atoms. The Morgan fingerprint density at radius 1 is 0.950 bits per heavy atom. The van der Waals surface area contributed by atoms with Crippen LogP contribution in [0.2, 0.25) is 0 Å². The number of rotatable bonds is 8. The van der Waals surface area contributed by atoms with Crippen LogP contribution in [0.3, 0.4) is 0 Å². The molecule has 0 amide bonds. The van der Waals surface area contributed by atoms with E-state index in [4.69, 9.17) is 0 Å². The Labute approximate surface area is 245 Å². The van der Waals surface area contributed by atoms with Crippen LogP contribution in [0.25, 0.3) is 17.2 Å². The van der Waals surface area contributed by atoms with Gasteiger partial charge in [0.25, 0.3) is 0 Å². The van der Waals surface area contributed by atoms with Gasteiger partial charge in [-0.1, -0.05) is 125 Å². The van der Waals surface area contributed by atoms with Crippen LogP contribution in [0.4, 0.5) is 0 Å². The van der Waals surface area contributed by atoms with Crippen molar-refractivity contribution in [2.75, 3.05) is 0 Å².